The Balaban J connectivity index is 2.75. The molecular weight excluding hydrogens is 367 g/mol. The second-order valence-corrected chi connectivity index (χ2v) is 5.02. The molecule has 0 fully saturated rings. The van der Waals surface area contributed by atoms with Crippen LogP contribution >= 0.6 is 0 Å². The van der Waals surface area contributed by atoms with Gasteiger partial charge in [0.05, 0.1) is 16.7 Å². The van der Waals surface area contributed by atoms with E-state index in [1.807, 2.05) is 0 Å². The molecule has 0 saturated heterocycles. The van der Waals surface area contributed by atoms with E-state index in [9.17, 15) is 44.6 Å². The Morgan fingerprint density at radius 2 is 1.00 bits per heavy atom. The van der Waals surface area contributed by atoms with Gasteiger partial charge in [0.1, 0.15) is 5.75 Å². The average Bonchev–Trinajstić information content (AvgIpc) is 2.44. The van der Waals surface area contributed by atoms with Crippen LogP contribution in [0.5, 0.6) is 5.75 Å². The fraction of sp³-hybridized carbons (Fsp3) is 0.200. The molecule has 0 heterocycles. The molecule has 0 unspecified atom stereocenters. The molecule has 0 aromatic heterocycles. The van der Waals surface area contributed by atoms with Crippen molar-refractivity contribution in [3.63, 3.8) is 0 Å². The highest BCUT2D eigenvalue weighted by atomic mass is 19.4. The average molecular weight is 374 g/mol. The van der Waals surface area contributed by atoms with Gasteiger partial charge in [0.2, 0.25) is 0 Å². The number of alkyl halides is 9. The highest BCUT2D eigenvalue weighted by molar-refractivity contribution is 5.72. The maximum Gasteiger partial charge on any atom is 0.416 e. The lowest BCUT2D eigenvalue weighted by Crippen LogP contribution is -2.11. The molecule has 0 aliphatic heterocycles. The Bertz CT molecular complexity index is 753. The van der Waals surface area contributed by atoms with Crippen molar-refractivity contribution in [2.75, 3.05) is 0 Å². The first-order chi connectivity index (χ1) is 11.2. The van der Waals surface area contributed by atoms with Crippen LogP contribution in [0.4, 0.5) is 39.5 Å². The van der Waals surface area contributed by atoms with Gasteiger partial charge in [-0.25, -0.2) is 0 Å². The number of aromatic hydroxyl groups is 1. The van der Waals surface area contributed by atoms with Crippen molar-refractivity contribution in [3.8, 4) is 16.9 Å². The third-order valence-corrected chi connectivity index (χ3v) is 3.22. The Hall–Kier alpha value is -2.39. The van der Waals surface area contributed by atoms with E-state index in [1.165, 1.54) is 0 Å². The van der Waals surface area contributed by atoms with Crippen molar-refractivity contribution in [1.29, 1.82) is 0 Å². The van der Waals surface area contributed by atoms with Gasteiger partial charge >= 0.3 is 18.5 Å². The molecule has 2 aromatic rings. The van der Waals surface area contributed by atoms with Crippen molar-refractivity contribution in [1.82, 2.24) is 0 Å². The molecule has 0 amide bonds. The van der Waals surface area contributed by atoms with Crippen LogP contribution in [-0.2, 0) is 18.5 Å². The van der Waals surface area contributed by atoms with Crippen molar-refractivity contribution in [2.45, 2.75) is 18.5 Å². The summed E-state index contributed by atoms with van der Waals surface area (Å²) < 4.78 is 115. The zero-order chi connectivity index (χ0) is 19.2. The highest BCUT2D eigenvalue weighted by Gasteiger charge is 2.37. The quantitative estimate of drug-likeness (QED) is 0.597. The first-order valence-corrected chi connectivity index (χ1v) is 6.39. The van der Waals surface area contributed by atoms with Gasteiger partial charge in [-0.15, -0.1) is 0 Å². The summed E-state index contributed by atoms with van der Waals surface area (Å²) in [5.41, 5.74) is -6.37. The van der Waals surface area contributed by atoms with Crippen LogP contribution in [0.25, 0.3) is 11.1 Å². The molecule has 136 valence electrons. The van der Waals surface area contributed by atoms with Crippen LogP contribution in [-0.4, -0.2) is 5.11 Å². The molecule has 1 nitrogen and oxygen atoms in total. The Labute approximate surface area is 134 Å². The monoisotopic (exact) mass is 374 g/mol. The predicted octanol–water partition coefficient (Wildman–Crippen LogP) is 6.12. The van der Waals surface area contributed by atoms with Crippen LogP contribution in [0.1, 0.15) is 16.7 Å². The number of halogens is 9. The van der Waals surface area contributed by atoms with Crippen LogP contribution in [0, 0.1) is 0 Å². The van der Waals surface area contributed by atoms with E-state index in [0.29, 0.717) is 12.1 Å². The Morgan fingerprint density at radius 1 is 0.560 bits per heavy atom. The smallest absolute Gasteiger partial charge is 0.416 e. The van der Waals surface area contributed by atoms with E-state index in [4.69, 9.17) is 0 Å². The minimum absolute atomic E-state index is 0.159. The molecule has 2 aromatic carbocycles. The molecular formula is C15H7F9O. The number of hydrogen-bond acceptors (Lipinski definition) is 1. The van der Waals surface area contributed by atoms with Gasteiger partial charge < -0.3 is 5.11 Å². The summed E-state index contributed by atoms with van der Waals surface area (Å²) in [5, 5.41) is 9.61. The molecule has 0 aliphatic carbocycles. The highest BCUT2D eigenvalue weighted by Crippen LogP contribution is 2.42. The van der Waals surface area contributed by atoms with Crippen LogP contribution in [0.15, 0.2) is 36.4 Å². The number of rotatable bonds is 1. The topological polar surface area (TPSA) is 20.2 Å². The van der Waals surface area contributed by atoms with E-state index >= 15 is 0 Å². The van der Waals surface area contributed by atoms with Crippen molar-refractivity contribution < 1.29 is 44.6 Å². The molecule has 0 radical (unpaired) electrons. The van der Waals surface area contributed by atoms with Gasteiger partial charge in [0.25, 0.3) is 0 Å². The first kappa shape index (κ1) is 18.9. The molecule has 2 rings (SSSR count). The van der Waals surface area contributed by atoms with E-state index in [2.05, 4.69) is 0 Å². The van der Waals surface area contributed by atoms with Crippen molar-refractivity contribution in [2.24, 2.45) is 0 Å². The molecule has 0 saturated carbocycles. The van der Waals surface area contributed by atoms with Gasteiger partial charge in [0.15, 0.2) is 0 Å². The van der Waals surface area contributed by atoms with Gasteiger partial charge in [-0.3, -0.25) is 0 Å². The first-order valence-electron chi connectivity index (χ1n) is 6.39. The summed E-state index contributed by atoms with van der Waals surface area (Å²) in [7, 11) is 0. The number of benzene rings is 2. The van der Waals surface area contributed by atoms with Gasteiger partial charge in [-0.2, -0.15) is 39.5 Å². The third kappa shape index (κ3) is 4.18. The maximum atomic E-state index is 12.8. The second kappa shape index (κ2) is 5.85. The molecule has 0 atom stereocenters. The van der Waals surface area contributed by atoms with Crippen LogP contribution in [0.3, 0.4) is 0 Å². The zero-order valence-corrected chi connectivity index (χ0v) is 11.8. The molecule has 0 aliphatic rings. The number of hydrogen-bond donors (Lipinski definition) is 1. The molecule has 0 spiro atoms. The number of phenols is 1. The van der Waals surface area contributed by atoms with Crippen molar-refractivity contribution in [3.05, 3.63) is 53.1 Å². The van der Waals surface area contributed by atoms with Gasteiger partial charge in [-0.1, -0.05) is 0 Å². The van der Waals surface area contributed by atoms with E-state index in [-0.39, 0.29) is 24.3 Å². The fourth-order valence-corrected chi connectivity index (χ4v) is 2.05. The van der Waals surface area contributed by atoms with Crippen LogP contribution in [0.2, 0.25) is 0 Å². The minimum atomic E-state index is -5.16. The summed E-state index contributed by atoms with van der Waals surface area (Å²) in [6.45, 7) is 0. The largest absolute Gasteiger partial charge is 0.507 e. The molecule has 1 N–H and O–H groups in total. The Kier molecular flexibility index (Phi) is 4.43. The van der Waals surface area contributed by atoms with Gasteiger partial charge in [-0.05, 0) is 42.0 Å². The summed E-state index contributed by atoms with van der Waals surface area (Å²) in [6.07, 6.45) is -15.2. The fourth-order valence-electron chi connectivity index (χ4n) is 2.05. The molecule has 25 heavy (non-hydrogen) atoms. The third-order valence-electron chi connectivity index (χ3n) is 3.22. The van der Waals surface area contributed by atoms with Crippen LogP contribution < -0.4 is 0 Å². The minimum Gasteiger partial charge on any atom is -0.507 e. The standard InChI is InChI=1S/C15H7F9O/c16-13(17,18)8-1-2-12(25)11(6-8)7-3-9(14(19,20)21)5-10(4-7)15(22,23)24/h1-6,25H. The Morgan fingerprint density at radius 3 is 1.40 bits per heavy atom. The summed E-state index contributed by atoms with van der Waals surface area (Å²) >= 11 is 0. The summed E-state index contributed by atoms with van der Waals surface area (Å²) in [4.78, 5) is 0. The van der Waals surface area contributed by atoms with E-state index < -0.39 is 52.1 Å². The normalized spacial score (nSPS) is 13.2. The SMILES string of the molecule is Oc1ccc(C(F)(F)F)cc1-c1cc(C(F)(F)F)cc(C(F)(F)F)c1. The maximum absolute atomic E-state index is 12.8. The molecule has 0 bridgehead atoms. The second-order valence-electron chi connectivity index (χ2n) is 5.02. The molecule has 10 heteroatoms. The lowest BCUT2D eigenvalue weighted by Gasteiger charge is -2.16. The number of phenolic OH excluding ortho intramolecular Hbond substituents is 1. The zero-order valence-electron chi connectivity index (χ0n) is 11.8. The lowest BCUT2D eigenvalue weighted by molar-refractivity contribution is -0.143. The van der Waals surface area contributed by atoms with Gasteiger partial charge in [0, 0.05) is 5.56 Å². The van der Waals surface area contributed by atoms with E-state index in [1.54, 1.807) is 0 Å². The predicted molar refractivity (Wildman–Crippen MR) is 68.5 cm³/mol. The summed E-state index contributed by atoms with van der Waals surface area (Å²) in [5.74, 6) is -0.888. The lowest BCUT2D eigenvalue weighted by atomic mass is 9.97. The van der Waals surface area contributed by atoms with Crippen molar-refractivity contribution >= 4 is 0 Å². The summed E-state index contributed by atoms with van der Waals surface area (Å²) in [6, 6.07) is 1.61. The van der Waals surface area contributed by atoms with E-state index in [0.717, 1.165) is 0 Å².